The summed E-state index contributed by atoms with van der Waals surface area (Å²) in [5.74, 6) is 0.285. The van der Waals surface area contributed by atoms with Crippen LogP contribution in [0, 0.1) is 5.82 Å². The van der Waals surface area contributed by atoms with Gasteiger partial charge in [-0.15, -0.1) is 0 Å². The fraction of sp³-hybridized carbons (Fsp3) is 0.150. The minimum atomic E-state index is -3.28. The Bertz CT molecular complexity index is 1120. The molecule has 1 aromatic heterocycles. The minimum absolute atomic E-state index is 0.245. The molecule has 0 N–H and O–H groups in total. The highest BCUT2D eigenvalue weighted by Crippen LogP contribution is 2.40. The van der Waals surface area contributed by atoms with Crippen molar-refractivity contribution in [1.82, 2.24) is 9.78 Å². The van der Waals surface area contributed by atoms with Gasteiger partial charge in [-0.05, 0) is 35.9 Å². The van der Waals surface area contributed by atoms with E-state index in [9.17, 15) is 12.8 Å². The van der Waals surface area contributed by atoms with Crippen molar-refractivity contribution in [2.24, 2.45) is 0 Å². The zero-order valence-electron chi connectivity index (χ0n) is 14.6. The number of rotatable bonds is 3. The number of ether oxygens (including phenoxy) is 1. The van der Waals surface area contributed by atoms with Gasteiger partial charge in [0, 0.05) is 11.8 Å². The molecule has 0 unspecified atom stereocenters. The largest absolute Gasteiger partial charge is 0.473 e. The first-order chi connectivity index (χ1) is 12.9. The van der Waals surface area contributed by atoms with E-state index in [2.05, 4.69) is 5.10 Å². The summed E-state index contributed by atoms with van der Waals surface area (Å²) in [7, 11) is -3.28. The van der Waals surface area contributed by atoms with E-state index in [-0.39, 0.29) is 10.7 Å². The quantitative estimate of drug-likeness (QED) is 0.646. The molecule has 1 aliphatic heterocycles. The number of allylic oxidation sites excluding steroid dienone is 1. The van der Waals surface area contributed by atoms with Crippen LogP contribution >= 0.6 is 0 Å². The molecule has 0 radical (unpaired) electrons. The van der Waals surface area contributed by atoms with E-state index in [1.165, 1.54) is 18.4 Å². The summed E-state index contributed by atoms with van der Waals surface area (Å²) in [6.07, 6.45) is 5.06. The van der Waals surface area contributed by atoms with Gasteiger partial charge in [-0.2, -0.15) is 5.10 Å². The van der Waals surface area contributed by atoms with Gasteiger partial charge in [0.25, 0.3) is 0 Å². The van der Waals surface area contributed by atoms with E-state index in [4.69, 9.17) is 4.74 Å². The lowest BCUT2D eigenvalue weighted by Crippen LogP contribution is -2.00. The number of halogens is 1. The molecule has 7 heteroatoms. The van der Waals surface area contributed by atoms with Crippen molar-refractivity contribution in [3.8, 4) is 28.3 Å². The van der Waals surface area contributed by atoms with E-state index < -0.39 is 9.84 Å². The fourth-order valence-electron chi connectivity index (χ4n) is 3.03. The predicted octanol–water partition coefficient (Wildman–Crippen LogP) is 3.71. The number of hydrogen-bond donors (Lipinski definition) is 0. The molecular formula is C20H17FN2O3S. The van der Waals surface area contributed by atoms with Gasteiger partial charge in [0.1, 0.15) is 18.1 Å². The predicted molar refractivity (Wildman–Crippen MR) is 101 cm³/mol. The zero-order chi connectivity index (χ0) is 19.0. The fourth-order valence-corrected chi connectivity index (χ4v) is 3.66. The average molecular weight is 384 g/mol. The number of sulfone groups is 1. The maximum absolute atomic E-state index is 13.4. The van der Waals surface area contributed by atoms with Crippen molar-refractivity contribution >= 4 is 9.84 Å². The Labute approximate surface area is 156 Å². The summed E-state index contributed by atoms with van der Waals surface area (Å²) in [4.78, 5) is 0.245. The Morgan fingerprint density at radius 2 is 1.67 bits per heavy atom. The van der Waals surface area contributed by atoms with Gasteiger partial charge in [0.05, 0.1) is 17.0 Å². The van der Waals surface area contributed by atoms with Crippen molar-refractivity contribution in [2.75, 3.05) is 12.9 Å². The molecule has 0 saturated carbocycles. The SMILES string of the molecule is CS(=O)(=O)c1ccc(-c2nn3c(c2-c2ccc(F)cc2)OCC=CC3)cc1. The Hall–Kier alpha value is -2.93. The molecule has 2 heterocycles. The second kappa shape index (κ2) is 6.66. The molecule has 3 aromatic rings. The monoisotopic (exact) mass is 384 g/mol. The molecule has 1 aliphatic rings. The van der Waals surface area contributed by atoms with Crippen LogP contribution in [0.25, 0.3) is 22.4 Å². The van der Waals surface area contributed by atoms with Crippen molar-refractivity contribution in [3.63, 3.8) is 0 Å². The molecule has 0 saturated heterocycles. The van der Waals surface area contributed by atoms with Gasteiger partial charge in [-0.3, -0.25) is 0 Å². The zero-order valence-corrected chi connectivity index (χ0v) is 15.4. The third-order valence-corrected chi connectivity index (χ3v) is 5.48. The molecule has 2 aromatic carbocycles. The molecule has 5 nitrogen and oxygen atoms in total. The molecule has 27 heavy (non-hydrogen) atoms. The number of hydrogen-bond acceptors (Lipinski definition) is 4. The second-order valence-electron chi connectivity index (χ2n) is 6.30. The maximum atomic E-state index is 13.4. The molecule has 0 atom stereocenters. The second-order valence-corrected chi connectivity index (χ2v) is 8.31. The van der Waals surface area contributed by atoms with Crippen molar-refractivity contribution in [2.45, 2.75) is 11.4 Å². The summed E-state index contributed by atoms with van der Waals surface area (Å²) < 4.78 is 44.4. The molecule has 0 aliphatic carbocycles. The standard InChI is InChI=1S/C20H17FN2O3S/c1-27(24,25)17-10-6-15(7-11-17)19-18(14-4-8-16(21)9-5-14)20-23(22-19)12-2-3-13-26-20/h2-11H,12-13H2,1H3. The maximum Gasteiger partial charge on any atom is 0.221 e. The number of nitrogens with zero attached hydrogens (tertiary/aromatic N) is 2. The summed E-state index contributed by atoms with van der Waals surface area (Å²) in [6.45, 7) is 0.983. The van der Waals surface area contributed by atoms with Crippen LogP contribution in [0.15, 0.2) is 65.6 Å². The van der Waals surface area contributed by atoms with Gasteiger partial charge < -0.3 is 4.74 Å². The first-order valence-electron chi connectivity index (χ1n) is 8.38. The third-order valence-electron chi connectivity index (χ3n) is 4.36. The van der Waals surface area contributed by atoms with Crippen molar-refractivity contribution in [1.29, 1.82) is 0 Å². The van der Waals surface area contributed by atoms with Crippen LogP contribution < -0.4 is 4.74 Å². The first kappa shape index (κ1) is 17.5. The molecule has 0 spiro atoms. The van der Waals surface area contributed by atoms with Gasteiger partial charge >= 0.3 is 0 Å². The van der Waals surface area contributed by atoms with Gasteiger partial charge in [0.15, 0.2) is 9.84 Å². The van der Waals surface area contributed by atoms with E-state index in [1.54, 1.807) is 41.1 Å². The molecule has 0 fully saturated rings. The molecule has 138 valence electrons. The smallest absolute Gasteiger partial charge is 0.221 e. The minimum Gasteiger partial charge on any atom is -0.473 e. The summed E-state index contributed by atoms with van der Waals surface area (Å²) in [6, 6.07) is 12.7. The van der Waals surface area contributed by atoms with Crippen LogP contribution in [0.1, 0.15) is 0 Å². The number of benzene rings is 2. The van der Waals surface area contributed by atoms with E-state index in [0.29, 0.717) is 24.7 Å². The first-order valence-corrected chi connectivity index (χ1v) is 10.3. The van der Waals surface area contributed by atoms with Crippen LogP contribution in [0.5, 0.6) is 5.88 Å². The highest BCUT2D eigenvalue weighted by atomic mass is 32.2. The summed E-state index contributed by atoms with van der Waals surface area (Å²) >= 11 is 0. The topological polar surface area (TPSA) is 61.2 Å². The highest BCUT2D eigenvalue weighted by Gasteiger charge is 2.23. The van der Waals surface area contributed by atoms with Crippen LogP contribution in [-0.2, 0) is 16.4 Å². The van der Waals surface area contributed by atoms with Crippen LogP contribution in [-0.4, -0.2) is 31.1 Å². The molecular weight excluding hydrogens is 367 g/mol. The van der Waals surface area contributed by atoms with Crippen LogP contribution in [0.4, 0.5) is 4.39 Å². The normalized spacial score (nSPS) is 13.7. The van der Waals surface area contributed by atoms with Crippen molar-refractivity contribution < 1.29 is 17.5 Å². The number of aromatic nitrogens is 2. The van der Waals surface area contributed by atoms with E-state index in [0.717, 1.165) is 16.7 Å². The van der Waals surface area contributed by atoms with E-state index >= 15 is 0 Å². The lowest BCUT2D eigenvalue weighted by atomic mass is 10.0. The Morgan fingerprint density at radius 3 is 2.33 bits per heavy atom. The van der Waals surface area contributed by atoms with Crippen LogP contribution in [0.2, 0.25) is 0 Å². The van der Waals surface area contributed by atoms with Gasteiger partial charge in [-0.25, -0.2) is 17.5 Å². The Morgan fingerprint density at radius 1 is 1.00 bits per heavy atom. The lowest BCUT2D eigenvalue weighted by Gasteiger charge is -2.08. The van der Waals surface area contributed by atoms with Gasteiger partial charge in [0.2, 0.25) is 5.88 Å². The summed E-state index contributed by atoms with van der Waals surface area (Å²) in [5.41, 5.74) is 2.95. The highest BCUT2D eigenvalue weighted by molar-refractivity contribution is 7.90. The van der Waals surface area contributed by atoms with Crippen molar-refractivity contribution in [3.05, 3.63) is 66.5 Å². The molecule has 0 amide bonds. The molecule has 0 bridgehead atoms. The Balaban J connectivity index is 1.89. The Kier molecular flexibility index (Phi) is 4.31. The third kappa shape index (κ3) is 3.38. The number of fused-ring (bicyclic) bond motifs is 1. The molecule has 4 rings (SSSR count). The average Bonchev–Trinajstić information content (AvgIpc) is 2.84. The van der Waals surface area contributed by atoms with E-state index in [1.807, 2.05) is 12.2 Å². The lowest BCUT2D eigenvalue weighted by molar-refractivity contribution is 0.334. The summed E-state index contributed by atoms with van der Waals surface area (Å²) in [5, 5.41) is 4.67. The van der Waals surface area contributed by atoms with Gasteiger partial charge in [-0.1, -0.05) is 30.3 Å². The van der Waals surface area contributed by atoms with Crippen LogP contribution in [0.3, 0.4) is 0 Å².